The number of amides is 1. The molecule has 1 aliphatic rings. The summed E-state index contributed by atoms with van der Waals surface area (Å²) in [6, 6.07) is 7.61. The molecule has 5 heteroatoms. The van der Waals surface area contributed by atoms with E-state index in [2.05, 4.69) is 15.4 Å². The van der Waals surface area contributed by atoms with Crippen molar-refractivity contribution in [2.75, 3.05) is 25.5 Å². The molecular formula is C16H22N2O3. The fourth-order valence-corrected chi connectivity index (χ4v) is 2.42. The number of methoxy groups -OCH3 is 1. The topological polar surface area (TPSA) is 67.4 Å². The summed E-state index contributed by atoms with van der Waals surface area (Å²) in [6.45, 7) is 1.75. The summed E-state index contributed by atoms with van der Waals surface area (Å²) in [4.78, 5) is 23.2. The maximum atomic E-state index is 12.1. The van der Waals surface area contributed by atoms with E-state index in [4.69, 9.17) is 0 Å². The van der Waals surface area contributed by atoms with Crippen LogP contribution in [-0.2, 0) is 20.7 Å². The first-order valence-corrected chi connectivity index (χ1v) is 7.36. The van der Waals surface area contributed by atoms with Crippen LogP contribution in [-0.4, -0.2) is 32.1 Å². The van der Waals surface area contributed by atoms with E-state index >= 15 is 0 Å². The number of piperidine rings is 1. The minimum Gasteiger partial charge on any atom is -0.469 e. The van der Waals surface area contributed by atoms with Gasteiger partial charge in [-0.25, -0.2) is 0 Å². The van der Waals surface area contributed by atoms with Crippen LogP contribution in [0.1, 0.15) is 24.8 Å². The molecule has 2 rings (SSSR count). The van der Waals surface area contributed by atoms with E-state index in [0.717, 1.165) is 37.2 Å². The molecule has 1 fully saturated rings. The smallest absolute Gasteiger partial charge is 0.305 e. The first kappa shape index (κ1) is 15.5. The van der Waals surface area contributed by atoms with Gasteiger partial charge in [-0.2, -0.15) is 0 Å². The Bertz CT molecular complexity index is 479. The molecule has 0 spiro atoms. The third-order valence-electron chi connectivity index (χ3n) is 3.73. The molecule has 1 aromatic rings. The Balaban J connectivity index is 1.84. The van der Waals surface area contributed by atoms with E-state index in [1.165, 1.54) is 7.11 Å². The second-order valence-corrected chi connectivity index (χ2v) is 5.31. The number of anilines is 1. The Morgan fingerprint density at radius 1 is 1.33 bits per heavy atom. The van der Waals surface area contributed by atoms with Crippen molar-refractivity contribution in [3.8, 4) is 0 Å². The molecule has 1 unspecified atom stereocenters. The molecule has 0 aromatic heterocycles. The van der Waals surface area contributed by atoms with Gasteiger partial charge in [-0.05, 0) is 43.5 Å². The summed E-state index contributed by atoms with van der Waals surface area (Å²) in [5.74, 6) is -0.0839. The molecule has 2 N–H and O–H groups in total. The number of hydrogen-bond acceptors (Lipinski definition) is 4. The van der Waals surface area contributed by atoms with Crippen molar-refractivity contribution in [2.45, 2.75) is 25.7 Å². The lowest BCUT2D eigenvalue weighted by molar-refractivity contribution is -0.140. The Hall–Kier alpha value is -1.88. The first-order valence-electron chi connectivity index (χ1n) is 7.36. The van der Waals surface area contributed by atoms with Crippen LogP contribution >= 0.6 is 0 Å². The van der Waals surface area contributed by atoms with Crippen LogP contribution in [0.3, 0.4) is 0 Å². The average Bonchev–Trinajstić information content (AvgIpc) is 2.54. The number of ether oxygens (including phenoxy) is 1. The van der Waals surface area contributed by atoms with Crippen LogP contribution in [0.15, 0.2) is 24.3 Å². The molecular weight excluding hydrogens is 268 g/mol. The largest absolute Gasteiger partial charge is 0.469 e. The summed E-state index contributed by atoms with van der Waals surface area (Å²) >= 11 is 0. The molecule has 1 aromatic carbocycles. The van der Waals surface area contributed by atoms with Gasteiger partial charge in [-0.15, -0.1) is 0 Å². The van der Waals surface area contributed by atoms with Crippen LogP contribution in [0.4, 0.5) is 5.69 Å². The van der Waals surface area contributed by atoms with Crippen molar-refractivity contribution in [3.63, 3.8) is 0 Å². The lowest BCUT2D eigenvalue weighted by atomic mass is 9.98. The van der Waals surface area contributed by atoms with Crippen molar-refractivity contribution in [3.05, 3.63) is 29.8 Å². The Labute approximate surface area is 125 Å². The highest BCUT2D eigenvalue weighted by Crippen LogP contribution is 2.15. The highest BCUT2D eigenvalue weighted by atomic mass is 16.5. The molecule has 1 saturated heterocycles. The molecule has 0 bridgehead atoms. The average molecular weight is 290 g/mol. The summed E-state index contributed by atoms with van der Waals surface area (Å²) in [7, 11) is 1.39. The number of hydrogen-bond donors (Lipinski definition) is 2. The summed E-state index contributed by atoms with van der Waals surface area (Å²) < 4.78 is 4.61. The van der Waals surface area contributed by atoms with E-state index < -0.39 is 0 Å². The van der Waals surface area contributed by atoms with Crippen molar-refractivity contribution in [1.82, 2.24) is 5.32 Å². The number of carbonyl (C=O) groups is 2. The third-order valence-corrected chi connectivity index (χ3v) is 3.73. The van der Waals surface area contributed by atoms with Crippen molar-refractivity contribution in [1.29, 1.82) is 0 Å². The Morgan fingerprint density at radius 2 is 2.10 bits per heavy atom. The second-order valence-electron chi connectivity index (χ2n) is 5.31. The number of rotatable bonds is 5. The SMILES string of the molecule is COC(=O)CCc1ccc(NC(=O)C2CCCNC2)cc1. The molecule has 1 atom stereocenters. The number of esters is 1. The molecule has 1 aliphatic heterocycles. The lowest BCUT2D eigenvalue weighted by Crippen LogP contribution is -2.37. The fourth-order valence-electron chi connectivity index (χ4n) is 2.42. The van der Waals surface area contributed by atoms with Crippen LogP contribution in [0.25, 0.3) is 0 Å². The maximum absolute atomic E-state index is 12.1. The first-order chi connectivity index (χ1) is 10.2. The molecule has 5 nitrogen and oxygen atoms in total. The van der Waals surface area contributed by atoms with E-state index in [1.54, 1.807) is 0 Å². The number of benzene rings is 1. The molecule has 1 amide bonds. The third kappa shape index (κ3) is 4.86. The Kier molecular flexibility index (Phi) is 5.75. The maximum Gasteiger partial charge on any atom is 0.305 e. The molecule has 114 valence electrons. The van der Waals surface area contributed by atoms with Crippen molar-refractivity contribution >= 4 is 17.6 Å². The predicted octanol–water partition coefficient (Wildman–Crippen LogP) is 1.73. The summed E-state index contributed by atoms with van der Waals surface area (Å²) in [5, 5.41) is 6.18. The van der Waals surface area contributed by atoms with Crippen LogP contribution < -0.4 is 10.6 Å². The van der Waals surface area contributed by atoms with Crippen LogP contribution in [0.5, 0.6) is 0 Å². The zero-order valence-electron chi connectivity index (χ0n) is 12.4. The van der Waals surface area contributed by atoms with Gasteiger partial charge in [0.2, 0.25) is 5.91 Å². The fraction of sp³-hybridized carbons (Fsp3) is 0.500. The van der Waals surface area contributed by atoms with Gasteiger partial charge in [-0.1, -0.05) is 12.1 Å². The van der Waals surface area contributed by atoms with Gasteiger partial charge >= 0.3 is 5.97 Å². The van der Waals surface area contributed by atoms with Crippen molar-refractivity contribution < 1.29 is 14.3 Å². The molecule has 0 radical (unpaired) electrons. The van der Waals surface area contributed by atoms with Gasteiger partial charge in [0.15, 0.2) is 0 Å². The van der Waals surface area contributed by atoms with E-state index in [1.807, 2.05) is 24.3 Å². The van der Waals surface area contributed by atoms with Crippen LogP contribution in [0.2, 0.25) is 0 Å². The van der Waals surface area contributed by atoms with Gasteiger partial charge in [-0.3, -0.25) is 9.59 Å². The zero-order chi connectivity index (χ0) is 15.1. The Morgan fingerprint density at radius 3 is 2.71 bits per heavy atom. The monoisotopic (exact) mass is 290 g/mol. The normalized spacial score (nSPS) is 18.0. The quantitative estimate of drug-likeness (QED) is 0.810. The minimum atomic E-state index is -0.211. The lowest BCUT2D eigenvalue weighted by Gasteiger charge is -2.21. The van der Waals surface area contributed by atoms with Gasteiger partial charge < -0.3 is 15.4 Å². The van der Waals surface area contributed by atoms with Gasteiger partial charge in [0, 0.05) is 18.7 Å². The standard InChI is InChI=1S/C16H22N2O3/c1-21-15(19)9-6-12-4-7-14(8-5-12)18-16(20)13-3-2-10-17-11-13/h4-5,7-8,13,17H,2-3,6,9-11H2,1H3,(H,18,20). The molecule has 1 heterocycles. The number of aryl methyl sites for hydroxylation is 1. The molecule has 0 saturated carbocycles. The summed E-state index contributed by atoms with van der Waals surface area (Å²) in [6.07, 6.45) is 3.00. The van der Waals surface area contributed by atoms with E-state index in [0.29, 0.717) is 12.8 Å². The number of carbonyl (C=O) groups excluding carboxylic acids is 2. The van der Waals surface area contributed by atoms with Gasteiger partial charge in [0.05, 0.1) is 13.0 Å². The highest BCUT2D eigenvalue weighted by Gasteiger charge is 2.20. The summed E-state index contributed by atoms with van der Waals surface area (Å²) in [5.41, 5.74) is 1.85. The van der Waals surface area contributed by atoms with E-state index in [9.17, 15) is 9.59 Å². The second kappa shape index (κ2) is 7.78. The molecule has 0 aliphatic carbocycles. The minimum absolute atomic E-state index is 0.0535. The zero-order valence-corrected chi connectivity index (χ0v) is 12.4. The highest BCUT2D eigenvalue weighted by molar-refractivity contribution is 5.92. The van der Waals surface area contributed by atoms with E-state index in [-0.39, 0.29) is 17.8 Å². The molecule has 21 heavy (non-hydrogen) atoms. The number of nitrogens with one attached hydrogen (secondary N) is 2. The van der Waals surface area contributed by atoms with Gasteiger partial charge in [0.25, 0.3) is 0 Å². The van der Waals surface area contributed by atoms with Crippen LogP contribution in [0, 0.1) is 5.92 Å². The predicted molar refractivity (Wildman–Crippen MR) is 81.0 cm³/mol. The van der Waals surface area contributed by atoms with Gasteiger partial charge in [0.1, 0.15) is 0 Å². The van der Waals surface area contributed by atoms with Crippen molar-refractivity contribution in [2.24, 2.45) is 5.92 Å².